The summed E-state index contributed by atoms with van der Waals surface area (Å²) in [5, 5.41) is 8.99. The zero-order valence-electron chi connectivity index (χ0n) is 12.4. The van der Waals surface area contributed by atoms with E-state index >= 15 is 0 Å². The van der Waals surface area contributed by atoms with Crippen LogP contribution in [0.2, 0.25) is 0 Å². The number of pyridine rings is 1. The summed E-state index contributed by atoms with van der Waals surface area (Å²) in [4.78, 5) is 17.3. The molecule has 110 valence electrons. The van der Waals surface area contributed by atoms with Crippen LogP contribution in [-0.4, -0.2) is 9.38 Å². The molecule has 4 heteroatoms. The van der Waals surface area contributed by atoms with Crippen LogP contribution in [0.3, 0.4) is 0 Å². The quantitative estimate of drug-likeness (QED) is 0.694. The van der Waals surface area contributed by atoms with E-state index in [4.69, 9.17) is 5.26 Å². The van der Waals surface area contributed by atoms with E-state index in [1.807, 2.05) is 30.3 Å². The second kappa shape index (κ2) is 5.22. The zero-order chi connectivity index (χ0) is 15.8. The monoisotopic (exact) mass is 299 g/mol. The van der Waals surface area contributed by atoms with Gasteiger partial charge in [-0.2, -0.15) is 5.26 Å². The molecule has 0 spiro atoms. The van der Waals surface area contributed by atoms with Gasteiger partial charge in [0.2, 0.25) is 0 Å². The summed E-state index contributed by atoms with van der Waals surface area (Å²) in [5.74, 6) is 0. The highest BCUT2D eigenvalue weighted by Gasteiger charge is 2.22. The predicted octanol–water partition coefficient (Wildman–Crippen LogP) is 3.05. The molecule has 4 nitrogen and oxygen atoms in total. The molecule has 3 aromatic rings. The lowest BCUT2D eigenvalue weighted by Gasteiger charge is -2.05. The van der Waals surface area contributed by atoms with Crippen LogP contribution in [0.25, 0.3) is 17.3 Å². The molecule has 0 aliphatic heterocycles. The average molecular weight is 299 g/mol. The molecule has 0 N–H and O–H groups in total. The number of hydrogen-bond acceptors (Lipinski definition) is 3. The highest BCUT2D eigenvalue weighted by atomic mass is 16.1. The van der Waals surface area contributed by atoms with Crippen LogP contribution in [-0.2, 0) is 6.42 Å². The van der Waals surface area contributed by atoms with Crippen LogP contribution in [0.1, 0.15) is 28.8 Å². The summed E-state index contributed by atoms with van der Waals surface area (Å²) in [6.07, 6.45) is 5.16. The SMILES string of the molecule is N#Cc1ccc2nc3c(c(=O)n2c1)CCC3=Cc1ccccc1. The molecule has 2 aromatic heterocycles. The molecule has 0 saturated heterocycles. The molecule has 1 aliphatic rings. The Hall–Kier alpha value is -3.19. The van der Waals surface area contributed by atoms with Crippen molar-refractivity contribution in [2.75, 3.05) is 0 Å². The van der Waals surface area contributed by atoms with Crippen LogP contribution >= 0.6 is 0 Å². The van der Waals surface area contributed by atoms with Crippen LogP contribution in [0.5, 0.6) is 0 Å². The predicted molar refractivity (Wildman–Crippen MR) is 88.8 cm³/mol. The van der Waals surface area contributed by atoms with Gasteiger partial charge < -0.3 is 0 Å². The summed E-state index contributed by atoms with van der Waals surface area (Å²) in [6.45, 7) is 0. The third kappa shape index (κ3) is 2.23. The maximum Gasteiger partial charge on any atom is 0.261 e. The maximum atomic E-state index is 12.7. The lowest BCUT2D eigenvalue weighted by Crippen LogP contribution is -2.19. The Morgan fingerprint density at radius 3 is 2.74 bits per heavy atom. The van der Waals surface area contributed by atoms with E-state index in [2.05, 4.69) is 17.1 Å². The molecule has 4 rings (SSSR count). The van der Waals surface area contributed by atoms with E-state index in [1.165, 1.54) is 4.40 Å². The minimum Gasteiger partial charge on any atom is -0.269 e. The minimum absolute atomic E-state index is 0.0708. The number of fused-ring (bicyclic) bond motifs is 2. The van der Waals surface area contributed by atoms with Crippen LogP contribution in [0.4, 0.5) is 0 Å². The van der Waals surface area contributed by atoms with Gasteiger partial charge in [0.15, 0.2) is 0 Å². The molecule has 0 fully saturated rings. The number of aromatic nitrogens is 2. The third-order valence-corrected chi connectivity index (χ3v) is 4.13. The Morgan fingerprint density at radius 1 is 1.13 bits per heavy atom. The molecular formula is C19H13N3O. The lowest BCUT2D eigenvalue weighted by atomic mass is 10.1. The smallest absolute Gasteiger partial charge is 0.261 e. The fourth-order valence-electron chi connectivity index (χ4n) is 3.00. The van der Waals surface area contributed by atoms with Crippen molar-refractivity contribution in [3.8, 4) is 6.07 Å². The zero-order valence-corrected chi connectivity index (χ0v) is 12.4. The van der Waals surface area contributed by atoms with Gasteiger partial charge in [-0.05, 0) is 42.2 Å². The van der Waals surface area contributed by atoms with Crippen molar-refractivity contribution in [2.45, 2.75) is 12.8 Å². The van der Waals surface area contributed by atoms with Gasteiger partial charge in [0, 0.05) is 11.8 Å². The maximum absolute atomic E-state index is 12.7. The largest absolute Gasteiger partial charge is 0.269 e. The summed E-state index contributed by atoms with van der Waals surface area (Å²) in [7, 11) is 0. The number of allylic oxidation sites excluding steroid dienone is 1. The number of hydrogen-bond donors (Lipinski definition) is 0. The van der Waals surface area contributed by atoms with Crippen molar-refractivity contribution in [3.05, 3.63) is 81.4 Å². The first-order valence-electron chi connectivity index (χ1n) is 7.47. The topological polar surface area (TPSA) is 58.2 Å². The highest BCUT2D eigenvalue weighted by molar-refractivity contribution is 5.84. The molecule has 0 atom stereocenters. The van der Waals surface area contributed by atoms with E-state index < -0.39 is 0 Å². The van der Waals surface area contributed by atoms with Gasteiger partial charge in [0.1, 0.15) is 11.7 Å². The van der Waals surface area contributed by atoms with E-state index in [0.717, 1.165) is 28.8 Å². The Bertz CT molecular complexity index is 1040. The van der Waals surface area contributed by atoms with Crippen molar-refractivity contribution >= 4 is 17.3 Å². The van der Waals surface area contributed by atoms with E-state index in [1.54, 1.807) is 18.3 Å². The Morgan fingerprint density at radius 2 is 1.96 bits per heavy atom. The van der Waals surface area contributed by atoms with E-state index in [-0.39, 0.29) is 5.56 Å². The van der Waals surface area contributed by atoms with Gasteiger partial charge in [-0.1, -0.05) is 30.3 Å². The van der Waals surface area contributed by atoms with Crippen molar-refractivity contribution < 1.29 is 0 Å². The molecule has 23 heavy (non-hydrogen) atoms. The molecular weight excluding hydrogens is 286 g/mol. The van der Waals surface area contributed by atoms with Crippen LogP contribution in [0, 0.1) is 11.3 Å². The minimum atomic E-state index is -0.0708. The van der Waals surface area contributed by atoms with Crippen LogP contribution in [0.15, 0.2) is 53.5 Å². The number of nitrogens with zero attached hydrogens (tertiary/aromatic N) is 3. The first kappa shape index (κ1) is 13.5. The van der Waals surface area contributed by atoms with Crippen LogP contribution < -0.4 is 5.56 Å². The van der Waals surface area contributed by atoms with Crippen molar-refractivity contribution in [1.29, 1.82) is 5.26 Å². The van der Waals surface area contributed by atoms with Gasteiger partial charge in [-0.15, -0.1) is 0 Å². The second-order valence-electron chi connectivity index (χ2n) is 5.58. The molecule has 0 bridgehead atoms. The Balaban J connectivity index is 1.92. The number of rotatable bonds is 1. The van der Waals surface area contributed by atoms with Gasteiger partial charge in [-0.25, -0.2) is 4.98 Å². The summed E-state index contributed by atoms with van der Waals surface area (Å²) in [6, 6.07) is 15.5. The summed E-state index contributed by atoms with van der Waals surface area (Å²) >= 11 is 0. The molecule has 1 aliphatic carbocycles. The van der Waals surface area contributed by atoms with Gasteiger partial charge >= 0.3 is 0 Å². The fraction of sp³-hybridized carbons (Fsp3) is 0.105. The normalized spacial score (nSPS) is 14.8. The average Bonchev–Trinajstić information content (AvgIpc) is 2.99. The molecule has 0 amide bonds. The molecule has 0 unspecified atom stereocenters. The third-order valence-electron chi connectivity index (χ3n) is 4.13. The molecule has 0 saturated carbocycles. The lowest BCUT2D eigenvalue weighted by molar-refractivity contribution is 0.969. The van der Waals surface area contributed by atoms with Gasteiger partial charge in [-0.3, -0.25) is 9.20 Å². The highest BCUT2D eigenvalue weighted by Crippen LogP contribution is 2.30. The molecule has 0 radical (unpaired) electrons. The Kier molecular flexibility index (Phi) is 3.06. The summed E-state index contributed by atoms with van der Waals surface area (Å²) in [5.41, 5.74) is 4.70. The first-order chi connectivity index (χ1) is 11.3. The van der Waals surface area contributed by atoms with Crippen molar-refractivity contribution in [1.82, 2.24) is 9.38 Å². The van der Waals surface area contributed by atoms with E-state index in [9.17, 15) is 4.79 Å². The van der Waals surface area contributed by atoms with Crippen molar-refractivity contribution in [3.63, 3.8) is 0 Å². The fourth-order valence-corrected chi connectivity index (χ4v) is 3.00. The van der Waals surface area contributed by atoms with Gasteiger partial charge in [0.05, 0.1) is 11.3 Å². The standard InChI is InChI=1S/C19H13N3O/c20-11-14-6-9-17-21-18-15(10-13-4-2-1-3-5-13)7-8-16(18)19(23)22(17)12-14/h1-6,9-10,12H,7-8H2. The van der Waals surface area contributed by atoms with E-state index in [0.29, 0.717) is 17.6 Å². The molecule has 2 heterocycles. The number of nitriles is 1. The first-order valence-corrected chi connectivity index (χ1v) is 7.47. The Labute approximate surface area is 133 Å². The van der Waals surface area contributed by atoms with Crippen molar-refractivity contribution in [2.24, 2.45) is 0 Å². The molecule has 1 aromatic carbocycles. The second-order valence-corrected chi connectivity index (χ2v) is 5.58. The number of benzene rings is 1. The van der Waals surface area contributed by atoms with Gasteiger partial charge in [0.25, 0.3) is 5.56 Å². The summed E-state index contributed by atoms with van der Waals surface area (Å²) < 4.78 is 1.48.